The maximum atomic E-state index is 13.0. The number of nitrogens with zero attached hydrogens (tertiary/aromatic N) is 2. The van der Waals surface area contributed by atoms with Crippen LogP contribution in [-0.2, 0) is 10.3 Å². The number of Topliss-reactive ketones (excluding diaryl/α,β-unsaturated/α-hetero) is 1. The van der Waals surface area contributed by atoms with Gasteiger partial charge in [-0.1, -0.05) is 0 Å². The van der Waals surface area contributed by atoms with Crippen LogP contribution in [0.15, 0.2) is 42.5 Å². The minimum atomic E-state index is -3.41. The second-order valence-electron chi connectivity index (χ2n) is 7.09. The van der Waals surface area contributed by atoms with Gasteiger partial charge in [0.05, 0.1) is 17.0 Å². The molecule has 2 aromatic rings. The van der Waals surface area contributed by atoms with E-state index in [0.717, 1.165) is 24.3 Å². The Morgan fingerprint density at radius 1 is 1.09 bits per heavy atom. The van der Waals surface area contributed by atoms with Crippen LogP contribution < -0.4 is 14.8 Å². The number of hydrogen-bond donors (Lipinski definition) is 1. The summed E-state index contributed by atoms with van der Waals surface area (Å²) in [6.07, 6.45) is 0. The number of urea groups is 1. The van der Waals surface area contributed by atoms with Crippen molar-refractivity contribution in [3.63, 3.8) is 0 Å². The SMILES string of the molecule is C[C@]1(c2ccc([N+](=O)[O-])cc2)NC(=O)N(CC(=O)c2ccc(OC(F)F)cc2OC(F)F)C1=O. The van der Waals surface area contributed by atoms with E-state index in [1.807, 2.05) is 0 Å². The van der Waals surface area contributed by atoms with E-state index in [0.29, 0.717) is 11.0 Å². The zero-order chi connectivity index (χ0) is 25.2. The number of ether oxygens (including phenoxy) is 2. The summed E-state index contributed by atoms with van der Waals surface area (Å²) in [7, 11) is 0. The van der Waals surface area contributed by atoms with Crippen LogP contribution >= 0.6 is 0 Å². The van der Waals surface area contributed by atoms with Crippen molar-refractivity contribution >= 4 is 23.4 Å². The van der Waals surface area contributed by atoms with Crippen molar-refractivity contribution in [3.05, 3.63) is 63.7 Å². The monoisotopic (exact) mass is 485 g/mol. The highest BCUT2D eigenvalue weighted by Gasteiger charge is 2.49. The van der Waals surface area contributed by atoms with Crippen LogP contribution in [0.5, 0.6) is 11.5 Å². The number of carbonyl (C=O) groups excluding carboxylic acids is 3. The van der Waals surface area contributed by atoms with Gasteiger partial charge in [-0.25, -0.2) is 4.79 Å². The molecule has 1 fully saturated rings. The summed E-state index contributed by atoms with van der Waals surface area (Å²) in [4.78, 5) is 48.8. The number of non-ortho nitro benzene ring substituents is 1. The van der Waals surface area contributed by atoms with Gasteiger partial charge in [0.1, 0.15) is 17.0 Å². The molecule has 1 saturated heterocycles. The number of nitrogens with one attached hydrogen (secondary N) is 1. The predicted molar refractivity (Wildman–Crippen MR) is 105 cm³/mol. The van der Waals surface area contributed by atoms with Crippen LogP contribution in [0.4, 0.5) is 28.0 Å². The molecule has 0 radical (unpaired) electrons. The third-order valence-corrected chi connectivity index (χ3v) is 4.93. The van der Waals surface area contributed by atoms with Crippen molar-refractivity contribution in [1.29, 1.82) is 0 Å². The number of imide groups is 1. The molecule has 0 unspecified atom stereocenters. The Bertz CT molecular complexity index is 1140. The Morgan fingerprint density at radius 2 is 1.71 bits per heavy atom. The van der Waals surface area contributed by atoms with Crippen molar-refractivity contribution in [2.75, 3.05) is 6.54 Å². The summed E-state index contributed by atoms with van der Waals surface area (Å²) in [6.45, 7) is -6.23. The Morgan fingerprint density at radius 3 is 2.26 bits per heavy atom. The smallest absolute Gasteiger partial charge is 0.387 e. The van der Waals surface area contributed by atoms with Crippen LogP contribution in [0.2, 0.25) is 0 Å². The molecule has 14 heteroatoms. The first-order valence-electron chi connectivity index (χ1n) is 9.38. The number of amides is 3. The average Bonchev–Trinajstić information content (AvgIpc) is 2.97. The lowest BCUT2D eigenvalue weighted by Crippen LogP contribution is -2.41. The molecule has 0 aliphatic carbocycles. The van der Waals surface area contributed by atoms with Crippen molar-refractivity contribution in [2.24, 2.45) is 0 Å². The molecule has 1 aliphatic rings. The van der Waals surface area contributed by atoms with E-state index in [1.165, 1.54) is 19.1 Å². The van der Waals surface area contributed by atoms with E-state index in [-0.39, 0.29) is 11.3 Å². The number of carbonyl (C=O) groups is 3. The largest absolute Gasteiger partial charge is 0.435 e. The summed E-state index contributed by atoms with van der Waals surface area (Å²) in [5.74, 6) is -3.23. The number of nitro groups is 1. The summed E-state index contributed by atoms with van der Waals surface area (Å²) in [5, 5.41) is 13.2. The van der Waals surface area contributed by atoms with Crippen LogP contribution in [0.3, 0.4) is 0 Å². The van der Waals surface area contributed by atoms with Gasteiger partial charge in [0, 0.05) is 18.2 Å². The molecule has 3 rings (SSSR count). The van der Waals surface area contributed by atoms with E-state index in [1.54, 1.807) is 0 Å². The first-order valence-corrected chi connectivity index (χ1v) is 9.38. The Balaban J connectivity index is 1.85. The lowest BCUT2D eigenvalue weighted by atomic mass is 9.92. The number of halogens is 4. The Hall–Kier alpha value is -4.23. The molecule has 0 saturated carbocycles. The van der Waals surface area contributed by atoms with E-state index in [4.69, 9.17) is 0 Å². The minimum absolute atomic E-state index is 0.196. The van der Waals surface area contributed by atoms with E-state index < -0.39 is 65.0 Å². The second-order valence-corrected chi connectivity index (χ2v) is 7.09. The van der Waals surface area contributed by atoms with Gasteiger partial charge in [-0.15, -0.1) is 0 Å². The second kappa shape index (κ2) is 9.33. The molecule has 0 spiro atoms. The molecule has 1 N–H and O–H groups in total. The average molecular weight is 485 g/mol. The Labute approximate surface area is 188 Å². The van der Waals surface area contributed by atoms with Crippen LogP contribution in [0, 0.1) is 10.1 Å². The van der Waals surface area contributed by atoms with E-state index >= 15 is 0 Å². The highest BCUT2D eigenvalue weighted by molar-refractivity contribution is 6.11. The molecule has 34 heavy (non-hydrogen) atoms. The maximum absolute atomic E-state index is 13.0. The molecule has 1 aliphatic heterocycles. The van der Waals surface area contributed by atoms with Gasteiger partial charge in [0.25, 0.3) is 11.6 Å². The molecule has 1 heterocycles. The number of rotatable bonds is 9. The van der Waals surface area contributed by atoms with Gasteiger partial charge >= 0.3 is 19.3 Å². The van der Waals surface area contributed by atoms with Gasteiger partial charge in [-0.3, -0.25) is 24.6 Å². The molecule has 2 aromatic carbocycles. The van der Waals surface area contributed by atoms with Crippen LogP contribution in [0.1, 0.15) is 22.8 Å². The maximum Gasteiger partial charge on any atom is 0.387 e. The van der Waals surface area contributed by atoms with Crippen molar-refractivity contribution in [2.45, 2.75) is 25.7 Å². The van der Waals surface area contributed by atoms with Gasteiger partial charge in [-0.05, 0) is 36.8 Å². The third kappa shape index (κ3) is 4.89. The minimum Gasteiger partial charge on any atom is -0.435 e. The highest BCUT2D eigenvalue weighted by atomic mass is 19.3. The number of benzene rings is 2. The van der Waals surface area contributed by atoms with Crippen molar-refractivity contribution in [1.82, 2.24) is 10.2 Å². The molecule has 1 atom stereocenters. The Kier molecular flexibility index (Phi) is 6.70. The molecular weight excluding hydrogens is 470 g/mol. The van der Waals surface area contributed by atoms with Gasteiger partial charge in [0.15, 0.2) is 5.78 Å². The standard InChI is InChI=1S/C20H15F4N3O7/c1-20(10-2-4-11(5-3-10)27(31)32)16(29)26(19(30)25-20)9-14(28)13-7-6-12(33-17(21)22)8-15(13)34-18(23)24/h2-8,17-18H,9H2,1H3,(H,25,30)/t20-/m1/s1. The molecule has 10 nitrogen and oxygen atoms in total. The number of ketones is 1. The lowest BCUT2D eigenvalue weighted by molar-refractivity contribution is -0.384. The summed E-state index contributed by atoms with van der Waals surface area (Å²) < 4.78 is 58.6. The molecule has 3 amide bonds. The van der Waals surface area contributed by atoms with Crippen molar-refractivity contribution in [3.8, 4) is 11.5 Å². The molecular formula is C20H15F4N3O7. The fourth-order valence-corrected chi connectivity index (χ4v) is 3.28. The summed E-state index contributed by atoms with van der Waals surface area (Å²) in [6, 6.07) is 6.24. The number of hydrogen-bond acceptors (Lipinski definition) is 7. The van der Waals surface area contributed by atoms with Gasteiger partial charge < -0.3 is 14.8 Å². The third-order valence-electron chi connectivity index (χ3n) is 4.93. The fourth-order valence-electron chi connectivity index (χ4n) is 3.28. The summed E-state index contributed by atoms with van der Waals surface area (Å²) in [5.41, 5.74) is -2.22. The number of nitro benzene ring substituents is 1. The zero-order valence-corrected chi connectivity index (χ0v) is 17.2. The predicted octanol–water partition coefficient (Wildman–Crippen LogP) is 3.45. The quantitative estimate of drug-likeness (QED) is 0.189. The van der Waals surface area contributed by atoms with Gasteiger partial charge in [0.2, 0.25) is 0 Å². The van der Waals surface area contributed by atoms with E-state index in [9.17, 15) is 42.1 Å². The zero-order valence-electron chi connectivity index (χ0n) is 17.2. The normalized spacial score (nSPS) is 17.8. The topological polar surface area (TPSA) is 128 Å². The lowest BCUT2D eigenvalue weighted by Gasteiger charge is -2.22. The number of alkyl halides is 4. The van der Waals surface area contributed by atoms with Crippen LogP contribution in [-0.4, -0.2) is 47.3 Å². The molecule has 0 aromatic heterocycles. The molecule has 180 valence electrons. The highest BCUT2D eigenvalue weighted by Crippen LogP contribution is 2.32. The first-order chi connectivity index (χ1) is 15.9. The van der Waals surface area contributed by atoms with Gasteiger partial charge in [-0.2, -0.15) is 17.6 Å². The van der Waals surface area contributed by atoms with Crippen molar-refractivity contribution < 1.29 is 46.3 Å². The fraction of sp³-hybridized carbons (Fsp3) is 0.250. The summed E-state index contributed by atoms with van der Waals surface area (Å²) >= 11 is 0. The van der Waals surface area contributed by atoms with Crippen LogP contribution in [0.25, 0.3) is 0 Å². The molecule has 0 bridgehead atoms. The first kappa shape index (κ1) is 24.4. The van der Waals surface area contributed by atoms with E-state index in [2.05, 4.69) is 14.8 Å².